The summed E-state index contributed by atoms with van der Waals surface area (Å²) in [4.78, 5) is 0. The molecule has 96 valence electrons. The molecule has 1 heteroatoms. The molecule has 0 heterocycles. The molecule has 0 aromatic heterocycles. The molecule has 0 rings (SSSR count). The van der Waals surface area contributed by atoms with Gasteiger partial charge in [0.15, 0.2) is 0 Å². The maximum atomic E-state index is 8.63. The van der Waals surface area contributed by atoms with E-state index in [9.17, 15) is 0 Å². The molecular weight excluding hydrogens is 196 g/mol. The molecule has 0 radical (unpaired) electrons. The molecule has 0 aliphatic heterocycles. The van der Waals surface area contributed by atoms with Gasteiger partial charge in [0.05, 0.1) is 0 Å². The highest BCUT2D eigenvalue weighted by Gasteiger charge is 1.94. The Morgan fingerprint density at radius 2 is 1.69 bits per heavy atom. The first kappa shape index (κ1) is 15.7. The molecule has 0 saturated heterocycles. The Morgan fingerprint density at radius 1 is 1.00 bits per heavy atom. The van der Waals surface area contributed by atoms with Gasteiger partial charge in [-0.15, -0.1) is 0 Å². The van der Waals surface area contributed by atoms with E-state index < -0.39 is 0 Å². The summed E-state index contributed by atoms with van der Waals surface area (Å²) in [6, 6.07) is 0. The molecule has 0 fully saturated rings. The Balaban J connectivity index is 3.20. The molecule has 0 aliphatic carbocycles. The lowest BCUT2D eigenvalue weighted by Gasteiger charge is -2.03. The third kappa shape index (κ3) is 11.8. The topological polar surface area (TPSA) is 20.2 Å². The quantitative estimate of drug-likeness (QED) is 0.400. The lowest BCUT2D eigenvalue weighted by molar-refractivity contribution is 0.282. The van der Waals surface area contributed by atoms with Gasteiger partial charge in [-0.2, -0.15) is 0 Å². The molecule has 1 unspecified atom stereocenters. The van der Waals surface area contributed by atoms with Crippen LogP contribution >= 0.6 is 0 Å². The van der Waals surface area contributed by atoms with Gasteiger partial charge in [0.2, 0.25) is 0 Å². The van der Waals surface area contributed by atoms with Gasteiger partial charge in [-0.1, -0.05) is 58.1 Å². The van der Waals surface area contributed by atoms with Crippen molar-refractivity contribution in [2.75, 3.05) is 6.61 Å². The normalized spacial score (nSPS) is 13.4. The van der Waals surface area contributed by atoms with Crippen LogP contribution in [0.1, 0.15) is 71.6 Å². The standard InChI is InChI=1S/C15H30O/c1-3-4-12-15(2)13-10-8-6-5-7-9-11-14-16/h10,13,15-16H,3-9,11-12,14H2,1-2H3. The maximum absolute atomic E-state index is 8.63. The van der Waals surface area contributed by atoms with Gasteiger partial charge in [0.1, 0.15) is 0 Å². The van der Waals surface area contributed by atoms with Gasteiger partial charge in [-0.05, 0) is 31.6 Å². The van der Waals surface area contributed by atoms with Crippen molar-refractivity contribution in [3.63, 3.8) is 0 Å². The van der Waals surface area contributed by atoms with Crippen LogP contribution in [0.4, 0.5) is 0 Å². The molecule has 0 aliphatic rings. The molecule has 0 bridgehead atoms. The van der Waals surface area contributed by atoms with Crippen molar-refractivity contribution < 1.29 is 5.11 Å². The second-order valence-electron chi connectivity index (χ2n) is 4.83. The first-order valence-electron chi connectivity index (χ1n) is 7.08. The van der Waals surface area contributed by atoms with Crippen molar-refractivity contribution in [2.24, 2.45) is 5.92 Å². The Labute approximate surface area is 102 Å². The van der Waals surface area contributed by atoms with E-state index >= 15 is 0 Å². The highest BCUT2D eigenvalue weighted by molar-refractivity contribution is 4.86. The third-order valence-electron chi connectivity index (χ3n) is 3.01. The maximum Gasteiger partial charge on any atom is 0.0431 e. The zero-order valence-electron chi connectivity index (χ0n) is 11.3. The summed E-state index contributed by atoms with van der Waals surface area (Å²) in [6.45, 7) is 4.92. The van der Waals surface area contributed by atoms with Gasteiger partial charge in [-0.3, -0.25) is 0 Å². The minimum absolute atomic E-state index is 0.356. The number of hydrogen-bond acceptors (Lipinski definition) is 1. The lowest BCUT2D eigenvalue weighted by atomic mass is 10.0. The zero-order chi connectivity index (χ0) is 12.1. The summed E-state index contributed by atoms with van der Waals surface area (Å²) in [5, 5.41) is 8.63. The summed E-state index contributed by atoms with van der Waals surface area (Å²) in [7, 11) is 0. The molecule has 0 saturated carbocycles. The summed E-state index contributed by atoms with van der Waals surface area (Å²) in [6.07, 6.45) is 16.0. The van der Waals surface area contributed by atoms with E-state index in [2.05, 4.69) is 26.0 Å². The van der Waals surface area contributed by atoms with E-state index in [1.165, 1.54) is 51.4 Å². The Morgan fingerprint density at radius 3 is 2.38 bits per heavy atom. The number of aliphatic hydroxyl groups is 1. The lowest BCUT2D eigenvalue weighted by Crippen LogP contribution is -1.88. The number of hydrogen-bond donors (Lipinski definition) is 1. The predicted octanol–water partition coefficient (Wildman–Crippen LogP) is 4.70. The fourth-order valence-electron chi connectivity index (χ4n) is 1.86. The summed E-state index contributed by atoms with van der Waals surface area (Å²) < 4.78 is 0. The summed E-state index contributed by atoms with van der Waals surface area (Å²) >= 11 is 0. The van der Waals surface area contributed by atoms with Gasteiger partial charge < -0.3 is 5.11 Å². The van der Waals surface area contributed by atoms with Crippen molar-refractivity contribution in [3.8, 4) is 0 Å². The smallest absolute Gasteiger partial charge is 0.0431 e. The molecule has 1 nitrogen and oxygen atoms in total. The van der Waals surface area contributed by atoms with Crippen molar-refractivity contribution in [1.82, 2.24) is 0 Å². The van der Waals surface area contributed by atoms with Crippen LogP contribution in [0.3, 0.4) is 0 Å². The highest BCUT2D eigenvalue weighted by Crippen LogP contribution is 2.11. The van der Waals surface area contributed by atoms with E-state index in [0.29, 0.717) is 6.61 Å². The summed E-state index contributed by atoms with van der Waals surface area (Å²) in [5.41, 5.74) is 0. The van der Waals surface area contributed by atoms with E-state index in [1.54, 1.807) is 0 Å². The van der Waals surface area contributed by atoms with Crippen molar-refractivity contribution in [3.05, 3.63) is 12.2 Å². The van der Waals surface area contributed by atoms with E-state index in [1.807, 2.05) is 0 Å². The van der Waals surface area contributed by atoms with Crippen molar-refractivity contribution in [1.29, 1.82) is 0 Å². The SMILES string of the molecule is CCCCC(C)C=CCCCCCCCO. The van der Waals surface area contributed by atoms with Gasteiger partial charge >= 0.3 is 0 Å². The van der Waals surface area contributed by atoms with E-state index in [0.717, 1.165) is 12.3 Å². The van der Waals surface area contributed by atoms with Crippen molar-refractivity contribution in [2.45, 2.75) is 71.6 Å². The molecule has 1 atom stereocenters. The Kier molecular flexibility index (Phi) is 12.5. The van der Waals surface area contributed by atoms with Crippen LogP contribution < -0.4 is 0 Å². The van der Waals surface area contributed by atoms with Crippen LogP contribution in [0, 0.1) is 5.92 Å². The number of aliphatic hydroxyl groups excluding tert-OH is 1. The van der Waals surface area contributed by atoms with Crippen LogP contribution in [-0.4, -0.2) is 11.7 Å². The molecule has 0 spiro atoms. The van der Waals surface area contributed by atoms with E-state index in [-0.39, 0.29) is 0 Å². The molecular formula is C15H30O. The Hall–Kier alpha value is -0.300. The van der Waals surface area contributed by atoms with Crippen LogP contribution in [0.5, 0.6) is 0 Å². The number of unbranched alkanes of at least 4 members (excludes halogenated alkanes) is 6. The zero-order valence-corrected chi connectivity index (χ0v) is 11.3. The summed E-state index contributed by atoms with van der Waals surface area (Å²) in [5.74, 6) is 0.759. The third-order valence-corrected chi connectivity index (χ3v) is 3.01. The monoisotopic (exact) mass is 226 g/mol. The van der Waals surface area contributed by atoms with Crippen LogP contribution in [-0.2, 0) is 0 Å². The number of rotatable bonds is 11. The fourth-order valence-corrected chi connectivity index (χ4v) is 1.86. The molecule has 0 amide bonds. The second-order valence-corrected chi connectivity index (χ2v) is 4.83. The minimum Gasteiger partial charge on any atom is -0.396 e. The first-order chi connectivity index (χ1) is 7.81. The first-order valence-corrected chi connectivity index (χ1v) is 7.08. The molecule has 0 aromatic rings. The Bertz CT molecular complexity index is 152. The fraction of sp³-hybridized carbons (Fsp3) is 0.867. The van der Waals surface area contributed by atoms with Gasteiger partial charge in [0, 0.05) is 6.61 Å². The molecule has 16 heavy (non-hydrogen) atoms. The van der Waals surface area contributed by atoms with Crippen molar-refractivity contribution >= 4 is 0 Å². The number of allylic oxidation sites excluding steroid dienone is 2. The van der Waals surface area contributed by atoms with Crippen LogP contribution in [0.25, 0.3) is 0 Å². The predicted molar refractivity (Wildman–Crippen MR) is 72.6 cm³/mol. The minimum atomic E-state index is 0.356. The van der Waals surface area contributed by atoms with E-state index in [4.69, 9.17) is 5.11 Å². The second kappa shape index (κ2) is 12.8. The van der Waals surface area contributed by atoms with Gasteiger partial charge in [0.25, 0.3) is 0 Å². The average molecular weight is 226 g/mol. The molecule has 1 N–H and O–H groups in total. The molecule has 0 aromatic carbocycles. The van der Waals surface area contributed by atoms with Crippen LogP contribution in [0.15, 0.2) is 12.2 Å². The van der Waals surface area contributed by atoms with Gasteiger partial charge in [-0.25, -0.2) is 0 Å². The van der Waals surface area contributed by atoms with Crippen LogP contribution in [0.2, 0.25) is 0 Å². The highest BCUT2D eigenvalue weighted by atomic mass is 16.2. The largest absolute Gasteiger partial charge is 0.396 e. The average Bonchev–Trinajstić information content (AvgIpc) is 2.30.